The summed E-state index contributed by atoms with van der Waals surface area (Å²) in [5.74, 6) is 0.0898. The van der Waals surface area contributed by atoms with Crippen LogP contribution in [0, 0.1) is 0 Å². The van der Waals surface area contributed by atoms with Crippen LogP contribution in [0.3, 0.4) is 0 Å². The predicted molar refractivity (Wildman–Crippen MR) is 98.9 cm³/mol. The fourth-order valence-corrected chi connectivity index (χ4v) is 3.67. The van der Waals surface area contributed by atoms with E-state index in [9.17, 15) is 4.79 Å². The molecular formula is C19H24N2O2S. The van der Waals surface area contributed by atoms with Gasteiger partial charge in [0.1, 0.15) is 0 Å². The number of nitrogens with one attached hydrogen (secondary N) is 1. The minimum atomic E-state index is 0.0898. The van der Waals surface area contributed by atoms with Crippen molar-refractivity contribution < 1.29 is 9.53 Å². The lowest BCUT2D eigenvalue weighted by atomic mass is 10.1. The van der Waals surface area contributed by atoms with Crippen molar-refractivity contribution in [3.63, 3.8) is 0 Å². The molecule has 1 amide bonds. The van der Waals surface area contributed by atoms with E-state index in [-0.39, 0.29) is 11.9 Å². The molecule has 1 fully saturated rings. The van der Waals surface area contributed by atoms with Crippen molar-refractivity contribution in [2.45, 2.75) is 25.3 Å². The molecule has 0 spiro atoms. The minimum Gasteiger partial charge on any atom is -0.385 e. The third kappa shape index (κ3) is 4.36. The molecule has 1 aromatic heterocycles. The Labute approximate surface area is 147 Å². The summed E-state index contributed by atoms with van der Waals surface area (Å²) in [5, 5.41) is 5.51. The topological polar surface area (TPSA) is 41.6 Å². The summed E-state index contributed by atoms with van der Waals surface area (Å²) in [6.45, 7) is 2.39. The predicted octanol–water partition coefficient (Wildman–Crippen LogP) is 3.65. The van der Waals surface area contributed by atoms with Gasteiger partial charge in [0.15, 0.2) is 0 Å². The van der Waals surface area contributed by atoms with Crippen LogP contribution < -0.4 is 5.32 Å². The van der Waals surface area contributed by atoms with E-state index in [1.54, 1.807) is 11.3 Å². The Hall–Kier alpha value is -1.85. The number of ether oxygens (including phenoxy) is 1. The van der Waals surface area contributed by atoms with Gasteiger partial charge in [0, 0.05) is 49.0 Å². The number of thiophene rings is 1. The molecule has 1 N–H and O–H groups in total. The first-order valence-corrected chi connectivity index (χ1v) is 9.33. The summed E-state index contributed by atoms with van der Waals surface area (Å²) < 4.78 is 5.37. The highest BCUT2D eigenvalue weighted by atomic mass is 32.1. The zero-order valence-corrected chi connectivity index (χ0v) is 14.8. The fourth-order valence-electron chi connectivity index (χ4n) is 2.96. The molecule has 1 saturated heterocycles. The summed E-state index contributed by atoms with van der Waals surface area (Å²) >= 11 is 1.78. The highest BCUT2D eigenvalue weighted by molar-refractivity contribution is 7.09. The normalized spacial score (nSPS) is 15.2. The van der Waals surface area contributed by atoms with Crippen molar-refractivity contribution in [1.29, 1.82) is 0 Å². The second kappa shape index (κ2) is 8.31. The Kier molecular flexibility index (Phi) is 5.88. The van der Waals surface area contributed by atoms with E-state index < -0.39 is 0 Å². The van der Waals surface area contributed by atoms with E-state index in [1.807, 2.05) is 36.2 Å². The van der Waals surface area contributed by atoms with Gasteiger partial charge >= 0.3 is 0 Å². The Balaban J connectivity index is 1.52. The highest BCUT2D eigenvalue weighted by Gasteiger charge is 2.23. The molecule has 1 aromatic carbocycles. The SMILES string of the molecule is CN(C(=O)c1ccc(NCCc2cccs2)cc1)C1CCOCC1. The number of rotatable bonds is 6. The molecule has 1 aliphatic heterocycles. The van der Waals surface area contributed by atoms with Gasteiger partial charge in [-0.1, -0.05) is 6.07 Å². The van der Waals surface area contributed by atoms with Gasteiger partial charge in [-0.15, -0.1) is 11.3 Å². The van der Waals surface area contributed by atoms with Gasteiger partial charge in [-0.2, -0.15) is 0 Å². The van der Waals surface area contributed by atoms with E-state index in [0.29, 0.717) is 0 Å². The van der Waals surface area contributed by atoms with Crippen LogP contribution in [0.25, 0.3) is 0 Å². The van der Waals surface area contributed by atoms with Gasteiger partial charge in [0.25, 0.3) is 5.91 Å². The van der Waals surface area contributed by atoms with E-state index in [0.717, 1.165) is 50.3 Å². The number of carbonyl (C=O) groups is 1. The van der Waals surface area contributed by atoms with Gasteiger partial charge in [0.05, 0.1) is 0 Å². The maximum absolute atomic E-state index is 12.6. The third-order valence-corrected chi connectivity index (χ3v) is 5.41. The Morgan fingerprint density at radius 1 is 1.25 bits per heavy atom. The minimum absolute atomic E-state index is 0.0898. The van der Waals surface area contributed by atoms with E-state index >= 15 is 0 Å². The number of anilines is 1. The molecular weight excluding hydrogens is 320 g/mol. The third-order valence-electron chi connectivity index (χ3n) is 4.47. The first-order valence-electron chi connectivity index (χ1n) is 8.45. The van der Waals surface area contributed by atoms with Crippen molar-refractivity contribution >= 4 is 22.9 Å². The van der Waals surface area contributed by atoms with Crippen molar-refractivity contribution in [2.24, 2.45) is 0 Å². The molecule has 0 atom stereocenters. The van der Waals surface area contributed by atoms with Gasteiger partial charge in [-0.3, -0.25) is 4.79 Å². The number of amides is 1. The Morgan fingerprint density at radius 2 is 2.00 bits per heavy atom. The largest absolute Gasteiger partial charge is 0.385 e. The smallest absolute Gasteiger partial charge is 0.253 e. The van der Waals surface area contributed by atoms with Crippen molar-refractivity contribution in [2.75, 3.05) is 32.1 Å². The molecule has 128 valence electrons. The molecule has 2 aromatic rings. The average molecular weight is 344 g/mol. The van der Waals surface area contributed by atoms with Gasteiger partial charge in [0.2, 0.25) is 0 Å². The molecule has 0 saturated carbocycles. The first kappa shape index (κ1) is 17.0. The zero-order chi connectivity index (χ0) is 16.8. The van der Waals surface area contributed by atoms with E-state index in [2.05, 4.69) is 22.8 Å². The summed E-state index contributed by atoms with van der Waals surface area (Å²) in [7, 11) is 1.89. The number of benzene rings is 1. The van der Waals surface area contributed by atoms with Crippen LogP contribution in [0.1, 0.15) is 28.1 Å². The number of hydrogen-bond donors (Lipinski definition) is 1. The molecule has 5 heteroatoms. The number of nitrogens with zero attached hydrogens (tertiary/aromatic N) is 1. The molecule has 0 radical (unpaired) electrons. The van der Waals surface area contributed by atoms with Crippen LogP contribution in [-0.4, -0.2) is 43.7 Å². The maximum Gasteiger partial charge on any atom is 0.253 e. The van der Waals surface area contributed by atoms with Crippen LogP contribution in [0.4, 0.5) is 5.69 Å². The Bertz CT molecular complexity index is 634. The second-order valence-electron chi connectivity index (χ2n) is 6.09. The molecule has 0 unspecified atom stereocenters. The zero-order valence-electron chi connectivity index (χ0n) is 14.0. The highest BCUT2D eigenvalue weighted by Crippen LogP contribution is 2.17. The lowest BCUT2D eigenvalue weighted by Gasteiger charge is -2.31. The summed E-state index contributed by atoms with van der Waals surface area (Å²) in [5.41, 5.74) is 1.80. The lowest BCUT2D eigenvalue weighted by Crippen LogP contribution is -2.40. The second-order valence-corrected chi connectivity index (χ2v) is 7.13. The lowest BCUT2D eigenvalue weighted by molar-refractivity contribution is 0.0362. The Morgan fingerprint density at radius 3 is 2.67 bits per heavy atom. The molecule has 3 rings (SSSR count). The fraction of sp³-hybridized carbons (Fsp3) is 0.421. The summed E-state index contributed by atoms with van der Waals surface area (Å²) in [6.07, 6.45) is 2.86. The molecule has 4 nitrogen and oxygen atoms in total. The van der Waals surface area contributed by atoms with Gasteiger partial charge < -0.3 is 15.0 Å². The van der Waals surface area contributed by atoms with E-state index in [4.69, 9.17) is 4.74 Å². The maximum atomic E-state index is 12.6. The van der Waals surface area contributed by atoms with Crippen LogP contribution in [0.15, 0.2) is 41.8 Å². The van der Waals surface area contributed by atoms with Crippen LogP contribution in [0.5, 0.6) is 0 Å². The summed E-state index contributed by atoms with van der Waals surface area (Å²) in [4.78, 5) is 15.8. The molecule has 1 aliphatic rings. The summed E-state index contributed by atoms with van der Waals surface area (Å²) in [6, 6.07) is 12.3. The standard InChI is InChI=1S/C19H24N2O2S/c1-21(17-9-12-23-13-10-17)19(22)15-4-6-16(7-5-15)20-11-8-18-3-2-14-24-18/h2-7,14,17,20H,8-13H2,1H3. The molecule has 0 aliphatic carbocycles. The van der Waals surface area contributed by atoms with Gasteiger partial charge in [-0.25, -0.2) is 0 Å². The molecule has 24 heavy (non-hydrogen) atoms. The average Bonchev–Trinajstić information content (AvgIpc) is 3.15. The van der Waals surface area contributed by atoms with Crippen molar-refractivity contribution in [3.8, 4) is 0 Å². The molecule has 0 bridgehead atoms. The monoisotopic (exact) mass is 344 g/mol. The number of hydrogen-bond acceptors (Lipinski definition) is 4. The van der Waals surface area contributed by atoms with Gasteiger partial charge in [-0.05, 0) is 55.0 Å². The van der Waals surface area contributed by atoms with Crippen molar-refractivity contribution in [3.05, 3.63) is 52.2 Å². The van der Waals surface area contributed by atoms with Crippen LogP contribution >= 0.6 is 11.3 Å². The van der Waals surface area contributed by atoms with E-state index in [1.165, 1.54) is 4.88 Å². The quantitative estimate of drug-likeness (QED) is 0.870. The number of carbonyl (C=O) groups excluding carboxylic acids is 1. The van der Waals surface area contributed by atoms with Crippen LogP contribution in [0.2, 0.25) is 0 Å². The van der Waals surface area contributed by atoms with Crippen LogP contribution in [-0.2, 0) is 11.2 Å². The van der Waals surface area contributed by atoms with Crippen molar-refractivity contribution in [1.82, 2.24) is 4.90 Å². The molecule has 2 heterocycles. The first-order chi connectivity index (χ1) is 11.7.